The molecular weight excluding hydrogens is 354 g/mol. The number of nitrogen functional groups attached to an aromatic ring is 1. The summed E-state index contributed by atoms with van der Waals surface area (Å²) in [6.45, 7) is 2.70. The number of anilines is 2. The molecule has 0 saturated heterocycles. The average Bonchev–Trinajstić information content (AvgIpc) is 2.99. The molecule has 7 nitrogen and oxygen atoms in total. The first-order valence-corrected chi connectivity index (χ1v) is 8.74. The van der Waals surface area contributed by atoms with Crippen LogP contribution < -0.4 is 25.3 Å². The van der Waals surface area contributed by atoms with Crippen LogP contribution in [0.1, 0.15) is 34.1 Å². The number of ketones is 1. The quantitative estimate of drug-likeness (QED) is 0.682. The summed E-state index contributed by atoms with van der Waals surface area (Å²) in [5.74, 6) is 0.826. The van der Waals surface area contributed by atoms with E-state index < -0.39 is 0 Å². The lowest BCUT2D eigenvalue weighted by Gasteiger charge is -2.13. The Morgan fingerprint density at radius 2 is 1.85 bits per heavy atom. The lowest BCUT2D eigenvalue weighted by molar-refractivity contribution is 0.104. The molecule has 2 aromatic rings. The number of nitriles is 1. The van der Waals surface area contributed by atoms with Gasteiger partial charge in [-0.25, -0.2) is 0 Å². The largest absolute Gasteiger partial charge is 0.493 e. The van der Waals surface area contributed by atoms with Gasteiger partial charge in [-0.15, -0.1) is 11.3 Å². The second kappa shape index (κ2) is 8.45. The number of rotatable bonds is 8. The zero-order valence-electron chi connectivity index (χ0n) is 15.1. The molecule has 3 N–H and O–H groups in total. The Balaban J connectivity index is 2.53. The second-order valence-electron chi connectivity index (χ2n) is 5.33. The molecule has 0 atom stereocenters. The maximum Gasteiger partial charge on any atom is 0.205 e. The van der Waals surface area contributed by atoms with Gasteiger partial charge in [-0.3, -0.25) is 4.79 Å². The number of nitrogens with two attached hydrogens (primary N) is 1. The number of nitrogens with one attached hydrogen (secondary N) is 1. The Morgan fingerprint density at radius 1 is 1.23 bits per heavy atom. The number of methoxy groups -OCH3 is 3. The van der Waals surface area contributed by atoms with Crippen LogP contribution in [0.4, 0.5) is 10.7 Å². The molecule has 2 rings (SSSR count). The first-order chi connectivity index (χ1) is 12.5. The summed E-state index contributed by atoms with van der Waals surface area (Å²) >= 11 is 1.17. The number of thiophene rings is 1. The van der Waals surface area contributed by atoms with E-state index in [1.165, 1.54) is 32.7 Å². The normalized spacial score (nSPS) is 10.1. The van der Waals surface area contributed by atoms with Crippen molar-refractivity contribution in [3.05, 3.63) is 28.1 Å². The maximum absolute atomic E-state index is 13.0. The highest BCUT2D eigenvalue weighted by Gasteiger charge is 2.24. The molecule has 138 valence electrons. The Bertz CT molecular complexity index is 830. The third-order valence-electron chi connectivity index (χ3n) is 3.73. The molecule has 8 heteroatoms. The third kappa shape index (κ3) is 3.53. The smallest absolute Gasteiger partial charge is 0.205 e. The molecule has 0 unspecified atom stereocenters. The van der Waals surface area contributed by atoms with E-state index in [2.05, 4.69) is 11.4 Å². The number of benzene rings is 1. The zero-order valence-corrected chi connectivity index (χ0v) is 16.0. The van der Waals surface area contributed by atoms with Crippen LogP contribution in [0, 0.1) is 11.3 Å². The summed E-state index contributed by atoms with van der Waals surface area (Å²) in [5, 5.41) is 13.1. The Hall–Kier alpha value is -2.92. The third-order valence-corrected chi connectivity index (χ3v) is 4.89. The van der Waals surface area contributed by atoms with Crippen molar-refractivity contribution in [1.29, 1.82) is 5.26 Å². The summed E-state index contributed by atoms with van der Waals surface area (Å²) < 4.78 is 15.8. The van der Waals surface area contributed by atoms with Crippen LogP contribution in [0.5, 0.6) is 17.2 Å². The molecule has 0 spiro atoms. The molecule has 0 radical (unpaired) electrons. The SMILES string of the molecule is CCCNc1sc(C(=O)c2cc(OC)c(OC)c(OC)c2)c(N)c1C#N. The van der Waals surface area contributed by atoms with Crippen molar-refractivity contribution in [3.8, 4) is 23.3 Å². The van der Waals surface area contributed by atoms with Crippen molar-refractivity contribution < 1.29 is 19.0 Å². The fourth-order valence-electron chi connectivity index (χ4n) is 2.43. The summed E-state index contributed by atoms with van der Waals surface area (Å²) in [4.78, 5) is 13.3. The number of hydrogen-bond donors (Lipinski definition) is 2. The van der Waals surface area contributed by atoms with Crippen LogP contribution in [0.2, 0.25) is 0 Å². The Kier molecular flexibility index (Phi) is 6.31. The summed E-state index contributed by atoms with van der Waals surface area (Å²) in [5.41, 5.74) is 6.86. The molecule has 1 heterocycles. The van der Waals surface area contributed by atoms with E-state index in [1.54, 1.807) is 12.1 Å². The van der Waals surface area contributed by atoms with Gasteiger partial charge in [0.2, 0.25) is 11.5 Å². The van der Waals surface area contributed by atoms with E-state index in [4.69, 9.17) is 19.9 Å². The first kappa shape index (κ1) is 19.4. The standard InChI is InChI=1S/C18H21N3O4S/c1-5-6-21-18-11(9-19)14(20)17(26-18)15(22)10-7-12(23-2)16(25-4)13(8-10)24-3/h7-8,21H,5-6,20H2,1-4H3. The minimum Gasteiger partial charge on any atom is -0.493 e. The molecule has 0 fully saturated rings. The molecular formula is C18H21N3O4S. The lowest BCUT2D eigenvalue weighted by Crippen LogP contribution is -2.05. The first-order valence-electron chi connectivity index (χ1n) is 7.93. The van der Waals surface area contributed by atoms with Crippen LogP contribution in [0.25, 0.3) is 0 Å². The van der Waals surface area contributed by atoms with E-state index in [0.717, 1.165) is 6.42 Å². The zero-order chi connectivity index (χ0) is 19.3. The molecule has 0 bridgehead atoms. The predicted molar refractivity (Wildman–Crippen MR) is 102 cm³/mol. The molecule has 1 aromatic carbocycles. The van der Waals surface area contributed by atoms with Gasteiger partial charge in [0.25, 0.3) is 0 Å². The number of carbonyl (C=O) groups is 1. The molecule has 0 aliphatic rings. The van der Waals surface area contributed by atoms with E-state index >= 15 is 0 Å². The molecule has 0 aliphatic carbocycles. The Labute approximate surface area is 156 Å². The van der Waals surface area contributed by atoms with Crippen molar-refractivity contribution in [2.45, 2.75) is 13.3 Å². The summed E-state index contributed by atoms with van der Waals surface area (Å²) in [7, 11) is 4.45. The topological polar surface area (TPSA) is 107 Å². The minimum absolute atomic E-state index is 0.176. The van der Waals surface area contributed by atoms with Crippen molar-refractivity contribution >= 4 is 27.8 Å². The highest BCUT2D eigenvalue weighted by molar-refractivity contribution is 7.19. The van der Waals surface area contributed by atoms with Gasteiger partial charge in [0, 0.05) is 12.1 Å². The van der Waals surface area contributed by atoms with Gasteiger partial charge in [-0.05, 0) is 18.6 Å². The number of ether oxygens (including phenoxy) is 3. The summed E-state index contributed by atoms with van der Waals surface area (Å²) in [6, 6.07) is 5.19. The number of nitrogens with zero attached hydrogens (tertiary/aromatic N) is 1. The van der Waals surface area contributed by atoms with Crippen molar-refractivity contribution in [3.63, 3.8) is 0 Å². The second-order valence-corrected chi connectivity index (χ2v) is 6.35. The molecule has 26 heavy (non-hydrogen) atoms. The van der Waals surface area contributed by atoms with Gasteiger partial charge in [0.15, 0.2) is 11.5 Å². The van der Waals surface area contributed by atoms with Gasteiger partial charge >= 0.3 is 0 Å². The molecule has 0 amide bonds. The van der Waals surface area contributed by atoms with Crippen LogP contribution in [-0.4, -0.2) is 33.7 Å². The van der Waals surface area contributed by atoms with Crippen LogP contribution >= 0.6 is 11.3 Å². The predicted octanol–water partition coefficient (Wildman–Crippen LogP) is 3.28. The van der Waals surface area contributed by atoms with E-state index in [0.29, 0.717) is 44.8 Å². The van der Waals surface area contributed by atoms with Gasteiger partial charge in [-0.1, -0.05) is 6.92 Å². The number of carbonyl (C=O) groups excluding carboxylic acids is 1. The van der Waals surface area contributed by atoms with Crippen LogP contribution in [-0.2, 0) is 0 Å². The van der Waals surface area contributed by atoms with Gasteiger partial charge in [-0.2, -0.15) is 5.26 Å². The fraction of sp³-hybridized carbons (Fsp3) is 0.333. The molecule has 0 saturated carbocycles. The Morgan fingerprint density at radius 3 is 2.31 bits per heavy atom. The minimum atomic E-state index is -0.312. The number of hydrogen-bond acceptors (Lipinski definition) is 8. The van der Waals surface area contributed by atoms with Gasteiger partial charge in [0.05, 0.1) is 27.0 Å². The summed E-state index contributed by atoms with van der Waals surface area (Å²) in [6.07, 6.45) is 0.888. The van der Waals surface area contributed by atoms with E-state index in [9.17, 15) is 10.1 Å². The van der Waals surface area contributed by atoms with E-state index in [-0.39, 0.29) is 11.5 Å². The molecule has 1 aromatic heterocycles. The average molecular weight is 375 g/mol. The van der Waals surface area contributed by atoms with Crippen LogP contribution in [0.15, 0.2) is 12.1 Å². The van der Waals surface area contributed by atoms with Gasteiger partial charge < -0.3 is 25.3 Å². The highest BCUT2D eigenvalue weighted by Crippen LogP contribution is 2.41. The lowest BCUT2D eigenvalue weighted by atomic mass is 10.1. The van der Waals surface area contributed by atoms with E-state index in [1.807, 2.05) is 6.92 Å². The molecule has 0 aliphatic heterocycles. The highest BCUT2D eigenvalue weighted by atomic mass is 32.1. The van der Waals surface area contributed by atoms with Crippen molar-refractivity contribution in [1.82, 2.24) is 0 Å². The van der Waals surface area contributed by atoms with Gasteiger partial charge in [0.1, 0.15) is 21.5 Å². The van der Waals surface area contributed by atoms with Crippen LogP contribution in [0.3, 0.4) is 0 Å². The fourth-order valence-corrected chi connectivity index (χ4v) is 3.49. The monoisotopic (exact) mass is 375 g/mol. The van der Waals surface area contributed by atoms with Crippen molar-refractivity contribution in [2.24, 2.45) is 0 Å². The maximum atomic E-state index is 13.0. The van der Waals surface area contributed by atoms with Crippen molar-refractivity contribution in [2.75, 3.05) is 38.9 Å².